The van der Waals surface area contributed by atoms with E-state index in [1.807, 2.05) is 25.1 Å². The van der Waals surface area contributed by atoms with Crippen molar-refractivity contribution in [2.75, 3.05) is 20.2 Å². The minimum absolute atomic E-state index is 0.0926. The Hall–Kier alpha value is -4.57. The molecule has 0 fully saturated rings. The van der Waals surface area contributed by atoms with Crippen LogP contribution in [0.2, 0.25) is 5.02 Å². The lowest BCUT2D eigenvalue weighted by Gasteiger charge is -2.26. The van der Waals surface area contributed by atoms with E-state index in [2.05, 4.69) is 15.8 Å². The lowest BCUT2D eigenvalue weighted by atomic mass is 9.97. The molecule has 0 saturated carbocycles. The maximum Gasteiger partial charge on any atom is 0.325 e. The van der Waals surface area contributed by atoms with Crippen LogP contribution < -0.4 is 20.4 Å². The molecule has 3 amide bonds. The first-order valence-electron chi connectivity index (χ1n) is 13.5. The number of urea groups is 1. The van der Waals surface area contributed by atoms with E-state index >= 15 is 0 Å². The van der Waals surface area contributed by atoms with Crippen molar-refractivity contribution in [1.82, 2.24) is 15.7 Å². The van der Waals surface area contributed by atoms with Gasteiger partial charge < -0.3 is 20.0 Å². The topological polar surface area (TPSA) is 130 Å². The molecule has 1 aliphatic rings. The van der Waals surface area contributed by atoms with Crippen LogP contribution in [0, 0.1) is 5.92 Å². The second kappa shape index (κ2) is 14.4. The molecule has 3 aromatic carbocycles. The van der Waals surface area contributed by atoms with Gasteiger partial charge in [-0.05, 0) is 59.9 Å². The molecule has 3 N–H and O–H groups in total. The molecule has 42 heavy (non-hydrogen) atoms. The van der Waals surface area contributed by atoms with Crippen molar-refractivity contribution in [2.24, 2.45) is 10.9 Å². The summed E-state index contributed by atoms with van der Waals surface area (Å²) in [5, 5.41) is 12.5. The number of benzene rings is 3. The largest absolute Gasteiger partial charge is 0.496 e. The molecule has 10 nitrogen and oxygen atoms in total. The summed E-state index contributed by atoms with van der Waals surface area (Å²) in [5.74, 6) is -0.552. The van der Waals surface area contributed by atoms with Crippen molar-refractivity contribution >= 4 is 35.3 Å². The zero-order chi connectivity index (χ0) is 30.1. The third-order valence-corrected chi connectivity index (χ3v) is 7.09. The van der Waals surface area contributed by atoms with Crippen molar-refractivity contribution in [3.05, 3.63) is 94.5 Å². The Kier molecular flexibility index (Phi) is 10.4. The first-order valence-corrected chi connectivity index (χ1v) is 13.9. The van der Waals surface area contributed by atoms with Crippen molar-refractivity contribution in [3.8, 4) is 11.5 Å². The van der Waals surface area contributed by atoms with Crippen LogP contribution in [0.3, 0.4) is 0 Å². The molecule has 1 aliphatic heterocycles. The predicted octanol–water partition coefficient (Wildman–Crippen LogP) is 4.82. The number of carbonyl (C=O) groups is 3. The first-order chi connectivity index (χ1) is 20.3. The lowest BCUT2D eigenvalue weighted by molar-refractivity contribution is -0.136. The molecule has 3 aromatic rings. The van der Waals surface area contributed by atoms with E-state index in [1.165, 1.54) is 0 Å². The second-order valence-electron chi connectivity index (χ2n) is 9.81. The van der Waals surface area contributed by atoms with Crippen LogP contribution in [0.1, 0.15) is 36.1 Å². The Morgan fingerprint density at radius 3 is 2.52 bits per heavy atom. The molecule has 220 valence electrons. The summed E-state index contributed by atoms with van der Waals surface area (Å²) in [4.78, 5) is 49.9. The number of halogens is 1. The third-order valence-electron chi connectivity index (χ3n) is 6.85. The van der Waals surface area contributed by atoms with Crippen LogP contribution in [-0.2, 0) is 22.4 Å². The summed E-state index contributed by atoms with van der Waals surface area (Å²) in [6.07, 6.45) is 0.709. The summed E-state index contributed by atoms with van der Waals surface area (Å²) in [5.41, 5.74) is 4.97. The Morgan fingerprint density at radius 1 is 1.12 bits per heavy atom. The van der Waals surface area contributed by atoms with Gasteiger partial charge >= 0.3 is 12.0 Å². The van der Waals surface area contributed by atoms with E-state index < -0.39 is 29.9 Å². The molecule has 1 heterocycles. The quantitative estimate of drug-likeness (QED) is 0.288. The number of methoxy groups -OCH3 is 1. The highest BCUT2D eigenvalue weighted by molar-refractivity contribution is 6.30. The van der Waals surface area contributed by atoms with Crippen LogP contribution in [0.25, 0.3) is 0 Å². The molecule has 11 heteroatoms. The molecule has 0 spiro atoms. The van der Waals surface area contributed by atoms with Gasteiger partial charge in [-0.15, -0.1) is 0 Å². The third kappa shape index (κ3) is 8.01. The van der Waals surface area contributed by atoms with E-state index in [0.717, 1.165) is 16.0 Å². The van der Waals surface area contributed by atoms with Crippen LogP contribution in [0.15, 0.2) is 77.8 Å². The second-order valence-corrected chi connectivity index (χ2v) is 10.2. The normalized spacial score (nSPS) is 15.7. The molecule has 0 aliphatic carbocycles. The molecular weight excluding hydrogens is 560 g/mol. The summed E-state index contributed by atoms with van der Waals surface area (Å²) in [7, 11) is 1.54. The van der Waals surface area contributed by atoms with Gasteiger partial charge in [-0.3, -0.25) is 19.5 Å². The fourth-order valence-electron chi connectivity index (χ4n) is 4.65. The van der Waals surface area contributed by atoms with Crippen molar-refractivity contribution in [1.29, 1.82) is 0 Å². The summed E-state index contributed by atoms with van der Waals surface area (Å²) < 4.78 is 5.47. The highest BCUT2D eigenvalue weighted by atomic mass is 35.5. The van der Waals surface area contributed by atoms with Crippen LogP contribution in [0.4, 0.5) is 4.79 Å². The van der Waals surface area contributed by atoms with E-state index in [-0.39, 0.29) is 25.9 Å². The van der Waals surface area contributed by atoms with E-state index in [1.54, 1.807) is 61.7 Å². The van der Waals surface area contributed by atoms with Crippen molar-refractivity contribution in [3.63, 3.8) is 0 Å². The average Bonchev–Trinajstić information content (AvgIpc) is 3.14. The van der Waals surface area contributed by atoms with Crippen LogP contribution in [-0.4, -0.2) is 53.9 Å². The van der Waals surface area contributed by atoms with Gasteiger partial charge in [0.05, 0.1) is 38.6 Å². The molecular formula is C31H33ClN4O6. The van der Waals surface area contributed by atoms with E-state index in [0.29, 0.717) is 34.3 Å². The highest BCUT2D eigenvalue weighted by Crippen LogP contribution is 2.27. The average molecular weight is 593 g/mol. The number of hydroxylamine groups is 1. The highest BCUT2D eigenvalue weighted by Gasteiger charge is 2.34. The number of para-hydroxylation sites is 1. The Balaban J connectivity index is 1.56. The number of ether oxygens (including phenoxy) is 1. The molecule has 0 saturated heterocycles. The molecule has 0 unspecified atom stereocenters. The number of aliphatic carboxylic acids is 1. The number of rotatable bonds is 10. The Morgan fingerprint density at radius 2 is 1.86 bits per heavy atom. The maximum absolute atomic E-state index is 13.8. The number of aliphatic imine (C=N–C) groups is 1. The van der Waals surface area contributed by atoms with Crippen LogP contribution in [0.5, 0.6) is 11.5 Å². The SMILES string of the molecule is CC[C@@H](NC(=O)N1CC(NOc2ccccc2)=NC[C@@H](Cc2cc(Cl)ccc2OC)C1=O)c1ccc(CC(=O)O)cc1. The van der Waals surface area contributed by atoms with Gasteiger partial charge in [0.1, 0.15) is 5.75 Å². The van der Waals surface area contributed by atoms with Crippen LogP contribution >= 0.6 is 11.6 Å². The molecule has 4 rings (SSSR count). The van der Waals surface area contributed by atoms with Gasteiger partial charge in [0.2, 0.25) is 5.91 Å². The van der Waals surface area contributed by atoms with Gasteiger partial charge in [0.15, 0.2) is 11.6 Å². The van der Waals surface area contributed by atoms with Gasteiger partial charge in [0.25, 0.3) is 0 Å². The van der Waals surface area contributed by atoms with Gasteiger partial charge in [-0.25, -0.2) is 10.3 Å². The van der Waals surface area contributed by atoms with Gasteiger partial charge in [-0.1, -0.05) is 61.0 Å². The van der Waals surface area contributed by atoms with Gasteiger partial charge in [0, 0.05) is 5.02 Å². The minimum atomic E-state index is -0.921. The van der Waals surface area contributed by atoms with Crippen molar-refractivity contribution < 1.29 is 29.1 Å². The number of nitrogens with one attached hydrogen (secondary N) is 2. The fourth-order valence-corrected chi connectivity index (χ4v) is 4.85. The number of amides is 3. The molecule has 2 atom stereocenters. The number of imide groups is 1. The van der Waals surface area contributed by atoms with Gasteiger partial charge in [-0.2, -0.15) is 0 Å². The first kappa shape index (κ1) is 30.4. The van der Waals surface area contributed by atoms with E-state index in [4.69, 9.17) is 26.3 Å². The lowest BCUT2D eigenvalue weighted by Crippen LogP contribution is -2.50. The standard InChI is InChI=1S/C31H33ClN4O6/c1-3-26(21-11-9-20(10-12-21)15-29(37)38)34-31(40)36-19-28(35-42-25-7-5-4-6-8-25)33-18-23(30(36)39)16-22-17-24(32)13-14-27(22)41-2/h4-14,17,23,26H,3,15-16,18-19H2,1-2H3,(H,33,35)(H,34,40)(H,37,38)/t23-,26-/m1/s1. The number of hydrogen-bond acceptors (Lipinski definition) is 7. The molecule has 0 bridgehead atoms. The fraction of sp³-hybridized carbons (Fsp3) is 0.290. The molecule has 0 radical (unpaired) electrons. The Labute approximate surface area is 249 Å². The number of carbonyl (C=O) groups excluding carboxylic acids is 2. The minimum Gasteiger partial charge on any atom is -0.496 e. The predicted molar refractivity (Wildman–Crippen MR) is 159 cm³/mol. The number of hydrogen-bond donors (Lipinski definition) is 3. The number of nitrogens with zero attached hydrogens (tertiary/aromatic N) is 2. The zero-order valence-corrected chi connectivity index (χ0v) is 24.1. The smallest absolute Gasteiger partial charge is 0.325 e. The van der Waals surface area contributed by atoms with Crippen molar-refractivity contribution in [2.45, 2.75) is 32.2 Å². The summed E-state index contributed by atoms with van der Waals surface area (Å²) in [6.45, 7) is 1.90. The molecule has 0 aromatic heterocycles. The number of amidine groups is 1. The zero-order valence-electron chi connectivity index (χ0n) is 23.4. The monoisotopic (exact) mass is 592 g/mol. The number of carboxylic acids is 1. The Bertz CT molecular complexity index is 1430. The van der Waals surface area contributed by atoms with E-state index in [9.17, 15) is 14.4 Å². The number of carboxylic acid groups (broad SMARTS) is 1. The maximum atomic E-state index is 13.8. The summed E-state index contributed by atoms with van der Waals surface area (Å²) >= 11 is 6.23. The summed E-state index contributed by atoms with van der Waals surface area (Å²) in [6, 6.07) is 20.2.